The minimum atomic E-state index is -3.98. The molecular weight excluding hydrogens is 401 g/mol. The fraction of sp³-hybridized carbons (Fsp3) is 0.176. The van der Waals surface area contributed by atoms with Gasteiger partial charge in [0.25, 0.3) is 0 Å². The number of carbonyl (C=O) groups is 2. The molecule has 7 nitrogen and oxygen atoms in total. The standard InChI is InChI=1S/C17H15F3N2O5S/c18-11-2-4-12(5-3-11)28(26,27)21-8-7-15(23)22-16(17(24)25)10-1-6-13(19)14(20)9-10/h1-6,9,16,21H,7-8H2,(H,22,23)(H,24,25)/t16-/m1/s1. The Morgan fingerprint density at radius 2 is 1.64 bits per heavy atom. The Balaban J connectivity index is 1.97. The number of carboxylic acids is 1. The van der Waals surface area contributed by atoms with E-state index in [-0.39, 0.29) is 17.0 Å². The lowest BCUT2D eigenvalue weighted by Gasteiger charge is -2.15. The third-order valence-electron chi connectivity index (χ3n) is 3.60. The van der Waals surface area contributed by atoms with Crippen molar-refractivity contribution >= 4 is 21.9 Å². The van der Waals surface area contributed by atoms with Crippen LogP contribution in [-0.4, -0.2) is 31.9 Å². The molecule has 0 fully saturated rings. The highest BCUT2D eigenvalue weighted by Gasteiger charge is 2.23. The SMILES string of the molecule is O=C(CCNS(=O)(=O)c1ccc(F)cc1)N[C@@H](C(=O)O)c1ccc(F)c(F)c1. The van der Waals surface area contributed by atoms with Gasteiger partial charge in [-0.1, -0.05) is 6.07 Å². The van der Waals surface area contributed by atoms with Crippen molar-refractivity contribution in [3.05, 3.63) is 65.5 Å². The minimum absolute atomic E-state index is 0.188. The molecule has 0 saturated heterocycles. The monoisotopic (exact) mass is 416 g/mol. The van der Waals surface area contributed by atoms with E-state index in [0.717, 1.165) is 36.4 Å². The second-order valence-electron chi connectivity index (χ2n) is 5.61. The Kier molecular flexibility index (Phi) is 6.75. The van der Waals surface area contributed by atoms with Crippen molar-refractivity contribution in [3.63, 3.8) is 0 Å². The molecule has 0 heterocycles. The maximum Gasteiger partial charge on any atom is 0.330 e. The van der Waals surface area contributed by atoms with Crippen LogP contribution in [0.5, 0.6) is 0 Å². The first-order valence-electron chi connectivity index (χ1n) is 7.82. The van der Waals surface area contributed by atoms with Gasteiger partial charge in [-0.3, -0.25) is 4.79 Å². The van der Waals surface area contributed by atoms with Crippen molar-refractivity contribution in [2.75, 3.05) is 6.54 Å². The van der Waals surface area contributed by atoms with Crippen molar-refractivity contribution < 1.29 is 36.3 Å². The van der Waals surface area contributed by atoms with Gasteiger partial charge in [0, 0.05) is 13.0 Å². The van der Waals surface area contributed by atoms with Gasteiger partial charge in [-0.05, 0) is 42.0 Å². The topological polar surface area (TPSA) is 113 Å². The molecule has 0 aliphatic heterocycles. The molecule has 0 aliphatic rings. The average Bonchev–Trinajstić information content (AvgIpc) is 2.62. The lowest BCUT2D eigenvalue weighted by Crippen LogP contribution is -2.36. The number of benzene rings is 2. The molecule has 2 aromatic rings. The Bertz CT molecular complexity index is 981. The summed E-state index contributed by atoms with van der Waals surface area (Å²) in [4.78, 5) is 23.0. The average molecular weight is 416 g/mol. The number of hydrogen-bond donors (Lipinski definition) is 3. The van der Waals surface area contributed by atoms with Gasteiger partial charge >= 0.3 is 5.97 Å². The van der Waals surface area contributed by atoms with Crippen molar-refractivity contribution in [2.24, 2.45) is 0 Å². The molecule has 2 rings (SSSR count). The highest BCUT2D eigenvalue weighted by molar-refractivity contribution is 7.89. The van der Waals surface area contributed by atoms with E-state index in [1.54, 1.807) is 0 Å². The van der Waals surface area contributed by atoms with Crippen LogP contribution in [0.2, 0.25) is 0 Å². The van der Waals surface area contributed by atoms with Crippen LogP contribution in [-0.2, 0) is 19.6 Å². The maximum absolute atomic E-state index is 13.3. The summed E-state index contributed by atoms with van der Waals surface area (Å²) in [5.74, 6) is -5.40. The number of amides is 1. The molecule has 0 spiro atoms. The van der Waals surface area contributed by atoms with E-state index in [1.165, 1.54) is 0 Å². The van der Waals surface area contributed by atoms with Gasteiger partial charge in [0.1, 0.15) is 5.82 Å². The van der Waals surface area contributed by atoms with Crippen molar-refractivity contribution in [3.8, 4) is 0 Å². The Hall–Kier alpha value is -2.92. The fourth-order valence-electron chi connectivity index (χ4n) is 2.21. The molecule has 3 N–H and O–H groups in total. The Morgan fingerprint density at radius 3 is 2.21 bits per heavy atom. The molecule has 150 valence electrons. The van der Waals surface area contributed by atoms with Crippen LogP contribution in [0.1, 0.15) is 18.0 Å². The second kappa shape index (κ2) is 8.85. The van der Waals surface area contributed by atoms with E-state index >= 15 is 0 Å². The van der Waals surface area contributed by atoms with E-state index in [1.807, 2.05) is 0 Å². The maximum atomic E-state index is 13.3. The summed E-state index contributed by atoms with van der Waals surface area (Å²) >= 11 is 0. The summed E-state index contributed by atoms with van der Waals surface area (Å²) in [5, 5.41) is 11.3. The number of hydrogen-bond acceptors (Lipinski definition) is 4. The molecule has 0 aliphatic carbocycles. The van der Waals surface area contributed by atoms with Gasteiger partial charge in [0.2, 0.25) is 15.9 Å². The first-order chi connectivity index (χ1) is 13.1. The summed E-state index contributed by atoms with van der Waals surface area (Å²) < 4.78 is 65.2. The van der Waals surface area contributed by atoms with Crippen LogP contribution < -0.4 is 10.0 Å². The smallest absolute Gasteiger partial charge is 0.330 e. The van der Waals surface area contributed by atoms with Gasteiger partial charge in [0.15, 0.2) is 17.7 Å². The largest absolute Gasteiger partial charge is 0.479 e. The minimum Gasteiger partial charge on any atom is -0.479 e. The molecular formula is C17H15F3N2O5S. The van der Waals surface area contributed by atoms with Gasteiger partial charge in [-0.2, -0.15) is 0 Å². The number of carbonyl (C=O) groups excluding carboxylic acids is 1. The summed E-state index contributed by atoms with van der Waals surface area (Å²) in [6.45, 7) is -0.365. The summed E-state index contributed by atoms with van der Waals surface area (Å²) in [5.41, 5.74) is -0.188. The molecule has 11 heteroatoms. The predicted molar refractivity (Wildman–Crippen MR) is 91.1 cm³/mol. The highest BCUT2D eigenvalue weighted by Crippen LogP contribution is 2.17. The van der Waals surface area contributed by atoms with E-state index in [0.29, 0.717) is 6.07 Å². The fourth-order valence-corrected chi connectivity index (χ4v) is 3.24. The van der Waals surface area contributed by atoms with Gasteiger partial charge in [-0.25, -0.2) is 31.1 Å². The number of aliphatic carboxylic acids is 1. The lowest BCUT2D eigenvalue weighted by atomic mass is 10.1. The number of rotatable bonds is 8. The molecule has 0 saturated carbocycles. The van der Waals surface area contributed by atoms with Crippen LogP contribution in [0.3, 0.4) is 0 Å². The molecule has 2 aromatic carbocycles. The molecule has 0 aromatic heterocycles. The third-order valence-corrected chi connectivity index (χ3v) is 5.07. The van der Waals surface area contributed by atoms with Crippen LogP contribution in [0.4, 0.5) is 13.2 Å². The van der Waals surface area contributed by atoms with Crippen molar-refractivity contribution in [1.29, 1.82) is 0 Å². The molecule has 28 heavy (non-hydrogen) atoms. The highest BCUT2D eigenvalue weighted by atomic mass is 32.2. The molecule has 0 unspecified atom stereocenters. The van der Waals surface area contributed by atoms with Crippen LogP contribution in [0.15, 0.2) is 47.4 Å². The van der Waals surface area contributed by atoms with E-state index in [9.17, 15) is 36.3 Å². The van der Waals surface area contributed by atoms with Crippen LogP contribution >= 0.6 is 0 Å². The van der Waals surface area contributed by atoms with Gasteiger partial charge in [-0.15, -0.1) is 0 Å². The summed E-state index contributed by atoms with van der Waals surface area (Å²) in [7, 11) is -3.98. The van der Waals surface area contributed by atoms with Crippen LogP contribution in [0.25, 0.3) is 0 Å². The quantitative estimate of drug-likeness (QED) is 0.607. The van der Waals surface area contributed by atoms with E-state index < -0.39 is 51.8 Å². The summed E-state index contributed by atoms with van der Waals surface area (Å²) in [6, 6.07) is 4.74. The van der Waals surface area contributed by atoms with Crippen molar-refractivity contribution in [1.82, 2.24) is 10.0 Å². The Morgan fingerprint density at radius 1 is 1.00 bits per heavy atom. The number of carboxylic acid groups (broad SMARTS) is 1. The number of halogens is 3. The normalized spacial score (nSPS) is 12.4. The first kappa shape index (κ1) is 21.4. The number of nitrogens with one attached hydrogen (secondary N) is 2. The zero-order valence-corrected chi connectivity index (χ0v) is 15.0. The van der Waals surface area contributed by atoms with E-state index in [2.05, 4.69) is 10.0 Å². The molecule has 1 atom stereocenters. The van der Waals surface area contributed by atoms with Crippen molar-refractivity contribution in [2.45, 2.75) is 17.4 Å². The van der Waals surface area contributed by atoms with E-state index in [4.69, 9.17) is 0 Å². The lowest BCUT2D eigenvalue weighted by molar-refractivity contribution is -0.142. The zero-order chi connectivity index (χ0) is 20.9. The third kappa shape index (κ3) is 5.54. The van der Waals surface area contributed by atoms with Gasteiger partial charge < -0.3 is 10.4 Å². The predicted octanol–water partition coefficient (Wildman–Crippen LogP) is 1.71. The molecule has 0 bridgehead atoms. The second-order valence-corrected chi connectivity index (χ2v) is 7.38. The first-order valence-corrected chi connectivity index (χ1v) is 9.31. The van der Waals surface area contributed by atoms with Crippen LogP contribution in [0, 0.1) is 17.5 Å². The number of sulfonamides is 1. The molecule has 0 radical (unpaired) electrons. The molecule has 1 amide bonds. The van der Waals surface area contributed by atoms with Gasteiger partial charge in [0.05, 0.1) is 4.90 Å². The Labute approximate surface area is 158 Å². The zero-order valence-electron chi connectivity index (χ0n) is 14.2. The summed E-state index contributed by atoms with van der Waals surface area (Å²) in [6.07, 6.45) is -0.423.